The minimum absolute atomic E-state index is 0.0218. The molecule has 0 saturated carbocycles. The Kier molecular flexibility index (Phi) is 8.18. The van der Waals surface area contributed by atoms with Gasteiger partial charge in [0.15, 0.2) is 0 Å². The molecule has 0 heterocycles. The SMILES string of the molecule is CCCP(=O)(Oc1ccc([N+](=O)[O-])cc1)OC(CNC(=O)OC)c1ccccc1. The summed E-state index contributed by atoms with van der Waals surface area (Å²) in [5, 5.41) is 13.3. The van der Waals surface area contributed by atoms with Crippen molar-refractivity contribution in [3.63, 3.8) is 0 Å². The highest BCUT2D eigenvalue weighted by atomic mass is 31.2. The Morgan fingerprint density at radius 2 is 1.83 bits per heavy atom. The minimum Gasteiger partial charge on any atom is -0.453 e. The van der Waals surface area contributed by atoms with E-state index in [0.29, 0.717) is 12.0 Å². The van der Waals surface area contributed by atoms with Crippen molar-refractivity contribution < 1.29 is 28.1 Å². The van der Waals surface area contributed by atoms with Crippen LogP contribution in [0.4, 0.5) is 10.5 Å². The summed E-state index contributed by atoms with van der Waals surface area (Å²) in [7, 11) is -2.39. The second-order valence-electron chi connectivity index (χ2n) is 6.05. The Hall–Kier alpha value is -2.90. The van der Waals surface area contributed by atoms with Crippen molar-refractivity contribution in [2.75, 3.05) is 19.8 Å². The van der Waals surface area contributed by atoms with E-state index in [9.17, 15) is 19.5 Å². The van der Waals surface area contributed by atoms with Crippen molar-refractivity contribution in [3.05, 3.63) is 70.3 Å². The standard InChI is InChI=1S/C19H23N2O7P/c1-3-13-29(25,27-17-11-9-16(10-12-17)21(23)24)28-18(14-20-19(22)26-2)15-7-5-4-6-8-15/h4-12,18H,3,13-14H2,1-2H3,(H,20,22). The van der Waals surface area contributed by atoms with Crippen LogP contribution in [0.15, 0.2) is 54.6 Å². The third-order valence-corrected chi connectivity index (χ3v) is 5.93. The Morgan fingerprint density at radius 3 is 2.38 bits per heavy atom. The van der Waals surface area contributed by atoms with Gasteiger partial charge in [0.1, 0.15) is 11.9 Å². The average Bonchev–Trinajstić information content (AvgIpc) is 2.72. The number of nitrogens with one attached hydrogen (secondary N) is 1. The van der Waals surface area contributed by atoms with Gasteiger partial charge in [-0.25, -0.2) is 9.36 Å². The second-order valence-corrected chi connectivity index (χ2v) is 8.12. The maximum Gasteiger partial charge on any atom is 0.406 e. The van der Waals surface area contributed by atoms with Gasteiger partial charge in [-0.1, -0.05) is 37.3 Å². The van der Waals surface area contributed by atoms with Gasteiger partial charge in [-0.05, 0) is 24.1 Å². The molecule has 0 aliphatic rings. The van der Waals surface area contributed by atoms with E-state index in [4.69, 9.17) is 9.05 Å². The molecule has 0 bridgehead atoms. The van der Waals surface area contributed by atoms with E-state index in [1.807, 2.05) is 13.0 Å². The number of carbonyl (C=O) groups is 1. The van der Waals surface area contributed by atoms with Crippen LogP contribution < -0.4 is 9.84 Å². The zero-order valence-electron chi connectivity index (χ0n) is 16.1. The highest BCUT2D eigenvalue weighted by Crippen LogP contribution is 2.52. The Labute approximate surface area is 168 Å². The molecular weight excluding hydrogens is 399 g/mol. The number of nitro benzene ring substituents is 1. The summed E-state index contributed by atoms with van der Waals surface area (Å²) in [4.78, 5) is 21.7. The topological polar surface area (TPSA) is 117 Å². The molecule has 2 unspecified atom stereocenters. The van der Waals surface area contributed by atoms with Gasteiger partial charge in [-0.2, -0.15) is 0 Å². The molecule has 9 nitrogen and oxygen atoms in total. The lowest BCUT2D eigenvalue weighted by Crippen LogP contribution is -2.29. The molecule has 2 aromatic carbocycles. The normalized spacial score (nSPS) is 13.7. The molecule has 0 aliphatic heterocycles. The largest absolute Gasteiger partial charge is 0.453 e. The third-order valence-electron chi connectivity index (χ3n) is 3.87. The molecule has 0 radical (unpaired) electrons. The maximum atomic E-state index is 13.4. The molecule has 1 N–H and O–H groups in total. The lowest BCUT2D eigenvalue weighted by Gasteiger charge is -2.25. The Morgan fingerprint density at radius 1 is 1.17 bits per heavy atom. The number of nitrogens with zero attached hydrogens (tertiary/aromatic N) is 1. The molecule has 1 amide bonds. The molecule has 2 aromatic rings. The summed E-state index contributed by atoms with van der Waals surface area (Å²) in [5.41, 5.74) is 0.598. The van der Waals surface area contributed by atoms with Crippen molar-refractivity contribution in [2.45, 2.75) is 19.4 Å². The van der Waals surface area contributed by atoms with E-state index < -0.39 is 24.7 Å². The van der Waals surface area contributed by atoms with Gasteiger partial charge in [0, 0.05) is 12.1 Å². The van der Waals surface area contributed by atoms with Gasteiger partial charge in [0.05, 0.1) is 24.7 Å². The summed E-state index contributed by atoms with van der Waals surface area (Å²) in [5.74, 6) is 0.195. The van der Waals surface area contributed by atoms with Crippen LogP contribution >= 0.6 is 7.60 Å². The fraction of sp³-hybridized carbons (Fsp3) is 0.316. The van der Waals surface area contributed by atoms with E-state index in [1.54, 1.807) is 24.3 Å². The highest BCUT2D eigenvalue weighted by Gasteiger charge is 2.31. The molecule has 0 aliphatic carbocycles. The molecule has 0 fully saturated rings. The summed E-state index contributed by atoms with van der Waals surface area (Å²) in [6.07, 6.45) is -0.733. The molecule has 29 heavy (non-hydrogen) atoms. The van der Waals surface area contributed by atoms with Crippen LogP contribution in [0.1, 0.15) is 25.0 Å². The number of hydrogen-bond acceptors (Lipinski definition) is 7. The van der Waals surface area contributed by atoms with Crippen molar-refractivity contribution >= 4 is 19.4 Å². The monoisotopic (exact) mass is 422 g/mol. The Balaban J connectivity index is 2.23. The molecule has 0 aromatic heterocycles. The first-order valence-electron chi connectivity index (χ1n) is 8.95. The number of carbonyl (C=O) groups excluding carboxylic acids is 1. The van der Waals surface area contributed by atoms with E-state index in [1.165, 1.54) is 31.4 Å². The zero-order chi connectivity index (χ0) is 21.3. The summed E-state index contributed by atoms with van der Waals surface area (Å²) >= 11 is 0. The fourth-order valence-electron chi connectivity index (χ4n) is 2.51. The number of benzene rings is 2. The summed E-state index contributed by atoms with van der Waals surface area (Å²) < 4.78 is 29.5. The van der Waals surface area contributed by atoms with E-state index in [2.05, 4.69) is 10.1 Å². The molecular formula is C19H23N2O7P. The molecule has 10 heteroatoms. The van der Waals surface area contributed by atoms with Gasteiger partial charge >= 0.3 is 13.7 Å². The highest BCUT2D eigenvalue weighted by molar-refractivity contribution is 7.54. The molecule has 2 atom stereocenters. The first-order valence-corrected chi connectivity index (χ1v) is 10.7. The Bertz CT molecular complexity index is 859. The predicted molar refractivity (Wildman–Crippen MR) is 107 cm³/mol. The number of hydrogen-bond donors (Lipinski definition) is 1. The fourth-order valence-corrected chi connectivity index (χ4v) is 4.32. The second kappa shape index (κ2) is 10.6. The number of rotatable bonds is 10. The summed E-state index contributed by atoms with van der Waals surface area (Å²) in [6.45, 7) is 1.85. The van der Waals surface area contributed by atoms with Crippen molar-refractivity contribution in [3.8, 4) is 5.75 Å². The average molecular weight is 422 g/mol. The first kappa shape index (κ1) is 22.4. The zero-order valence-corrected chi connectivity index (χ0v) is 17.0. The minimum atomic E-state index is -3.63. The summed E-state index contributed by atoms with van der Waals surface area (Å²) in [6, 6.07) is 14.3. The van der Waals surface area contributed by atoms with Crippen LogP contribution in [-0.2, 0) is 13.8 Å². The van der Waals surface area contributed by atoms with Gasteiger partial charge in [0.25, 0.3) is 5.69 Å². The first-order chi connectivity index (χ1) is 13.9. The lowest BCUT2D eigenvalue weighted by atomic mass is 10.1. The number of ether oxygens (including phenoxy) is 1. The van der Waals surface area contributed by atoms with Crippen LogP contribution in [0, 0.1) is 10.1 Å². The van der Waals surface area contributed by atoms with E-state index >= 15 is 0 Å². The van der Waals surface area contributed by atoms with E-state index in [0.717, 1.165) is 0 Å². The van der Waals surface area contributed by atoms with Gasteiger partial charge in [0.2, 0.25) is 0 Å². The molecule has 2 rings (SSSR count). The van der Waals surface area contributed by atoms with Crippen molar-refractivity contribution in [1.82, 2.24) is 5.32 Å². The van der Waals surface area contributed by atoms with Crippen LogP contribution in [0.3, 0.4) is 0 Å². The van der Waals surface area contributed by atoms with Crippen molar-refractivity contribution in [2.24, 2.45) is 0 Å². The van der Waals surface area contributed by atoms with Gasteiger partial charge in [-0.15, -0.1) is 0 Å². The molecule has 0 spiro atoms. The number of alkyl carbamates (subject to hydrolysis) is 1. The van der Waals surface area contributed by atoms with Crippen LogP contribution in [0.25, 0.3) is 0 Å². The van der Waals surface area contributed by atoms with Gasteiger partial charge in [-0.3, -0.25) is 14.6 Å². The van der Waals surface area contributed by atoms with E-state index in [-0.39, 0.29) is 24.1 Å². The van der Waals surface area contributed by atoms with Crippen LogP contribution in [0.5, 0.6) is 5.75 Å². The molecule has 156 valence electrons. The number of non-ortho nitro benzene ring substituents is 1. The number of methoxy groups -OCH3 is 1. The quantitative estimate of drug-likeness (QED) is 0.335. The van der Waals surface area contributed by atoms with Crippen molar-refractivity contribution in [1.29, 1.82) is 0 Å². The predicted octanol–water partition coefficient (Wildman–Crippen LogP) is 4.69. The number of amides is 1. The maximum absolute atomic E-state index is 13.4. The van der Waals surface area contributed by atoms with Crippen LogP contribution in [0.2, 0.25) is 0 Å². The number of nitro groups is 1. The smallest absolute Gasteiger partial charge is 0.406 e. The third kappa shape index (κ3) is 6.89. The lowest BCUT2D eigenvalue weighted by molar-refractivity contribution is -0.384. The molecule has 0 saturated heterocycles. The van der Waals surface area contributed by atoms with Crippen LogP contribution in [-0.4, -0.2) is 30.8 Å². The van der Waals surface area contributed by atoms with Gasteiger partial charge < -0.3 is 14.6 Å².